The zero-order chi connectivity index (χ0) is 22.3. The van der Waals surface area contributed by atoms with Gasteiger partial charge in [0.1, 0.15) is 11.6 Å². The number of pyridine rings is 2. The van der Waals surface area contributed by atoms with Crippen molar-refractivity contribution in [1.82, 2.24) is 15.3 Å². The monoisotopic (exact) mass is 439 g/mol. The highest BCUT2D eigenvalue weighted by Gasteiger charge is 2.37. The van der Waals surface area contributed by atoms with Crippen molar-refractivity contribution in [2.24, 2.45) is 0 Å². The van der Waals surface area contributed by atoms with E-state index in [1.807, 2.05) is 11.8 Å². The molecule has 2 aliphatic rings. The second-order valence-electron chi connectivity index (χ2n) is 7.69. The van der Waals surface area contributed by atoms with E-state index in [4.69, 9.17) is 4.74 Å². The van der Waals surface area contributed by atoms with Crippen molar-refractivity contribution in [2.45, 2.75) is 38.3 Å². The number of nitrogens with zero attached hydrogens (tertiary/aromatic N) is 3. The Hall–Kier alpha value is -2.95. The average Bonchev–Trinajstić information content (AvgIpc) is 2.71. The summed E-state index contributed by atoms with van der Waals surface area (Å²) in [6.45, 7) is 4.51. The number of hydrogen-bond donors (Lipinski definition) is 2. The fourth-order valence-electron chi connectivity index (χ4n) is 3.77. The molecule has 2 aromatic rings. The Balaban J connectivity index is 1.88. The highest BCUT2D eigenvalue weighted by atomic mass is 19.3. The number of carbonyl (C=O) groups excluding carboxylic acids is 1. The number of alkyl halides is 4. The van der Waals surface area contributed by atoms with Gasteiger partial charge >= 0.3 is 6.09 Å². The maximum atomic E-state index is 14.3. The fourth-order valence-corrected chi connectivity index (χ4v) is 3.77. The number of amides is 1. The molecule has 4 heterocycles. The van der Waals surface area contributed by atoms with Gasteiger partial charge in [-0.2, -0.15) is 0 Å². The molecule has 7 nitrogen and oxygen atoms in total. The van der Waals surface area contributed by atoms with Crippen molar-refractivity contribution in [3.63, 3.8) is 0 Å². The summed E-state index contributed by atoms with van der Waals surface area (Å²) in [5, 5.41) is 5.55. The van der Waals surface area contributed by atoms with Gasteiger partial charge in [0.15, 0.2) is 6.10 Å². The van der Waals surface area contributed by atoms with Crippen LogP contribution in [0.2, 0.25) is 0 Å². The molecule has 2 N–H and O–H groups in total. The van der Waals surface area contributed by atoms with Crippen LogP contribution >= 0.6 is 0 Å². The molecule has 0 radical (unpaired) electrons. The number of ether oxygens (including phenoxy) is 1. The number of carbonyl (C=O) groups is 1. The summed E-state index contributed by atoms with van der Waals surface area (Å²) < 4.78 is 60.7. The van der Waals surface area contributed by atoms with Crippen molar-refractivity contribution in [3.8, 4) is 11.3 Å². The van der Waals surface area contributed by atoms with Gasteiger partial charge in [0.25, 0.3) is 12.3 Å². The largest absolute Gasteiger partial charge is 0.435 e. The lowest BCUT2D eigenvalue weighted by molar-refractivity contribution is -0.0168. The van der Waals surface area contributed by atoms with E-state index in [0.717, 1.165) is 6.92 Å². The van der Waals surface area contributed by atoms with E-state index in [0.29, 0.717) is 25.5 Å². The van der Waals surface area contributed by atoms with Crippen LogP contribution in [-0.2, 0) is 10.7 Å². The standard InChI is InChI=1S/C20H21F4N5O2/c1-10-9-29(6-5-25-10)14-8-11(20(2,23)24)7-13(27-14)12-3-4-26-18-15(12)16(17(21)22)31-19(30)28-18/h3-4,7-8,10,16-17,25H,5-6,9H2,1-2H3,(H,26,28,30)/t10-,16?/m0/s1. The number of aromatic nitrogens is 2. The summed E-state index contributed by atoms with van der Waals surface area (Å²) in [6.07, 6.45) is -4.67. The molecule has 2 aromatic heterocycles. The van der Waals surface area contributed by atoms with Gasteiger partial charge in [-0.1, -0.05) is 0 Å². The molecule has 0 spiro atoms. The zero-order valence-corrected chi connectivity index (χ0v) is 16.8. The summed E-state index contributed by atoms with van der Waals surface area (Å²) in [5.74, 6) is -2.96. The van der Waals surface area contributed by atoms with E-state index < -0.39 is 24.5 Å². The van der Waals surface area contributed by atoms with Gasteiger partial charge in [-0.25, -0.2) is 32.3 Å². The van der Waals surface area contributed by atoms with E-state index >= 15 is 0 Å². The quantitative estimate of drug-likeness (QED) is 0.703. The van der Waals surface area contributed by atoms with Gasteiger partial charge in [-0.3, -0.25) is 5.32 Å². The molecule has 1 amide bonds. The molecule has 1 saturated heterocycles. The Morgan fingerprint density at radius 2 is 2.10 bits per heavy atom. The summed E-state index contributed by atoms with van der Waals surface area (Å²) in [4.78, 5) is 22.0. The van der Waals surface area contributed by atoms with Gasteiger partial charge in [-0.15, -0.1) is 0 Å². The van der Waals surface area contributed by atoms with Crippen LogP contribution in [0.4, 0.5) is 34.0 Å². The van der Waals surface area contributed by atoms with E-state index in [9.17, 15) is 22.4 Å². The molecule has 0 saturated carbocycles. The minimum Gasteiger partial charge on any atom is -0.435 e. The number of piperazine rings is 1. The summed E-state index contributed by atoms with van der Waals surface area (Å²) in [6, 6.07) is 4.02. The second kappa shape index (κ2) is 7.95. The lowest BCUT2D eigenvalue weighted by atomic mass is 9.97. The summed E-state index contributed by atoms with van der Waals surface area (Å²) >= 11 is 0. The number of hydrogen-bond acceptors (Lipinski definition) is 6. The lowest BCUT2D eigenvalue weighted by Crippen LogP contribution is -2.49. The third-order valence-electron chi connectivity index (χ3n) is 5.25. The smallest absolute Gasteiger partial charge is 0.413 e. The zero-order valence-electron chi connectivity index (χ0n) is 16.8. The number of rotatable bonds is 4. The number of fused-ring (bicyclic) bond motifs is 1. The molecular formula is C20H21F4N5O2. The van der Waals surface area contributed by atoms with Gasteiger partial charge in [0, 0.05) is 49.9 Å². The topological polar surface area (TPSA) is 79.4 Å². The molecule has 11 heteroatoms. The molecule has 0 bridgehead atoms. The summed E-state index contributed by atoms with van der Waals surface area (Å²) in [5.41, 5.74) is -0.172. The number of halogens is 4. The first-order valence-corrected chi connectivity index (χ1v) is 9.77. The Morgan fingerprint density at radius 1 is 1.32 bits per heavy atom. The van der Waals surface area contributed by atoms with Crippen LogP contribution < -0.4 is 15.5 Å². The van der Waals surface area contributed by atoms with Crippen LogP contribution in [0.15, 0.2) is 24.4 Å². The van der Waals surface area contributed by atoms with E-state index in [-0.39, 0.29) is 34.2 Å². The van der Waals surface area contributed by atoms with Crippen LogP contribution in [0.25, 0.3) is 11.3 Å². The number of anilines is 2. The molecule has 4 rings (SSSR count). The van der Waals surface area contributed by atoms with Crippen molar-refractivity contribution in [1.29, 1.82) is 0 Å². The molecule has 1 fully saturated rings. The second-order valence-corrected chi connectivity index (χ2v) is 7.69. The Labute approximate surface area is 175 Å². The molecule has 2 atom stereocenters. The number of nitrogens with one attached hydrogen (secondary N) is 2. The molecule has 0 aromatic carbocycles. The molecule has 31 heavy (non-hydrogen) atoms. The van der Waals surface area contributed by atoms with E-state index in [2.05, 4.69) is 20.6 Å². The van der Waals surface area contributed by atoms with E-state index in [1.165, 1.54) is 24.4 Å². The first kappa shape index (κ1) is 21.3. The van der Waals surface area contributed by atoms with Gasteiger partial charge in [-0.05, 0) is 25.1 Å². The predicted octanol–water partition coefficient (Wildman–Crippen LogP) is 3.92. The first-order valence-electron chi connectivity index (χ1n) is 9.77. The molecule has 2 aliphatic heterocycles. The van der Waals surface area contributed by atoms with Gasteiger partial charge in [0.05, 0.1) is 11.3 Å². The van der Waals surface area contributed by atoms with Gasteiger partial charge in [0.2, 0.25) is 0 Å². The van der Waals surface area contributed by atoms with Crippen LogP contribution in [0, 0.1) is 0 Å². The van der Waals surface area contributed by atoms with Crippen LogP contribution in [-0.4, -0.2) is 48.2 Å². The molecular weight excluding hydrogens is 418 g/mol. The molecule has 1 unspecified atom stereocenters. The molecule has 166 valence electrons. The van der Waals surface area contributed by atoms with Crippen molar-refractivity contribution in [3.05, 3.63) is 35.5 Å². The van der Waals surface area contributed by atoms with Crippen molar-refractivity contribution < 1.29 is 27.1 Å². The fraction of sp³-hybridized carbons (Fsp3) is 0.450. The third kappa shape index (κ3) is 4.27. The highest BCUT2D eigenvalue weighted by Crippen LogP contribution is 2.41. The minimum atomic E-state index is -3.17. The van der Waals surface area contributed by atoms with Gasteiger partial charge < -0.3 is 15.0 Å². The number of cyclic esters (lactones) is 1. The Morgan fingerprint density at radius 3 is 2.77 bits per heavy atom. The average molecular weight is 439 g/mol. The van der Waals surface area contributed by atoms with Crippen LogP contribution in [0.5, 0.6) is 0 Å². The van der Waals surface area contributed by atoms with Crippen LogP contribution in [0.3, 0.4) is 0 Å². The maximum Gasteiger partial charge on any atom is 0.413 e. The third-order valence-corrected chi connectivity index (χ3v) is 5.25. The van der Waals surface area contributed by atoms with Crippen molar-refractivity contribution >= 4 is 17.7 Å². The first-order chi connectivity index (χ1) is 14.6. The van der Waals surface area contributed by atoms with Crippen LogP contribution in [0.1, 0.15) is 31.1 Å². The Bertz CT molecular complexity index is 998. The SMILES string of the molecule is C[C@H]1CN(c2cc(C(C)(F)F)cc(-c3ccnc4c3C(C(F)F)OC(=O)N4)n2)CCN1. The van der Waals surface area contributed by atoms with E-state index in [1.54, 1.807) is 0 Å². The maximum absolute atomic E-state index is 14.3. The van der Waals surface area contributed by atoms with Crippen molar-refractivity contribution in [2.75, 3.05) is 29.9 Å². The summed E-state index contributed by atoms with van der Waals surface area (Å²) in [7, 11) is 0. The molecule has 0 aliphatic carbocycles. The lowest BCUT2D eigenvalue weighted by Gasteiger charge is -2.33. The predicted molar refractivity (Wildman–Crippen MR) is 106 cm³/mol. The highest BCUT2D eigenvalue weighted by molar-refractivity contribution is 5.89. The normalized spacial score (nSPS) is 21.5. The minimum absolute atomic E-state index is 0.0734. The Kier molecular flexibility index (Phi) is 5.46.